The second kappa shape index (κ2) is 7.92. The van der Waals surface area contributed by atoms with Crippen molar-refractivity contribution in [3.05, 3.63) is 11.6 Å². The maximum atomic E-state index is 11.6. The molecule has 10 atom stereocenters. The van der Waals surface area contributed by atoms with Crippen LogP contribution < -0.4 is 0 Å². The van der Waals surface area contributed by atoms with Crippen molar-refractivity contribution in [1.82, 2.24) is 0 Å². The fourth-order valence-electron chi connectivity index (χ4n) is 9.00. The molecule has 4 nitrogen and oxygen atoms in total. The first-order chi connectivity index (χ1) is 14.1. The number of carboxylic acid groups (broad SMARTS) is 1. The normalized spacial score (nSPS) is 50.5. The zero-order valence-corrected chi connectivity index (χ0v) is 19.3. The summed E-state index contributed by atoms with van der Waals surface area (Å²) in [5, 5.41) is 31.2. The average molecular weight is 419 g/mol. The van der Waals surface area contributed by atoms with Crippen molar-refractivity contribution in [3.8, 4) is 0 Å². The fraction of sp³-hybridized carbons (Fsp3) is 0.885. The van der Waals surface area contributed by atoms with E-state index in [0.717, 1.165) is 38.5 Å². The summed E-state index contributed by atoms with van der Waals surface area (Å²) in [5.41, 5.74) is 1.57. The maximum Gasteiger partial charge on any atom is 0.303 e. The Labute approximate surface area is 182 Å². The van der Waals surface area contributed by atoms with E-state index in [1.165, 1.54) is 18.4 Å². The third kappa shape index (κ3) is 3.28. The lowest BCUT2D eigenvalue weighted by molar-refractivity contribution is -0.147. The predicted octanol–water partition coefficient (Wildman–Crippen LogP) is 5.03. The number of aliphatic carboxylic acids is 1. The molecule has 0 radical (unpaired) electrons. The molecule has 8 unspecified atom stereocenters. The van der Waals surface area contributed by atoms with Gasteiger partial charge < -0.3 is 15.3 Å². The summed E-state index contributed by atoms with van der Waals surface area (Å²) in [6.07, 6.45) is 9.99. The molecule has 3 N–H and O–H groups in total. The molecule has 4 rings (SSSR count). The lowest BCUT2D eigenvalue weighted by atomic mass is 9.42. The number of aliphatic hydroxyl groups excluding tert-OH is 2. The van der Waals surface area contributed by atoms with E-state index in [9.17, 15) is 15.0 Å². The number of hydrogen-bond donors (Lipinski definition) is 3. The molecular formula is C26H42O4. The first kappa shape index (κ1) is 22.3. The van der Waals surface area contributed by atoms with Gasteiger partial charge in [-0.3, -0.25) is 4.79 Å². The molecule has 170 valence electrons. The Morgan fingerprint density at radius 2 is 1.77 bits per heavy atom. The highest BCUT2D eigenvalue weighted by Crippen LogP contribution is 2.69. The zero-order valence-electron chi connectivity index (χ0n) is 19.3. The van der Waals surface area contributed by atoms with E-state index in [0.29, 0.717) is 35.5 Å². The minimum Gasteiger partial charge on any atom is -0.481 e. The number of fused-ring (bicyclic) bond motifs is 5. The Bertz CT molecular complexity index is 701. The van der Waals surface area contributed by atoms with Crippen molar-refractivity contribution in [2.24, 2.45) is 46.3 Å². The molecule has 4 saturated carbocycles. The van der Waals surface area contributed by atoms with E-state index in [1.807, 2.05) is 0 Å². The van der Waals surface area contributed by atoms with Crippen molar-refractivity contribution < 1.29 is 20.1 Å². The molecule has 0 aromatic carbocycles. The second-order valence-electron chi connectivity index (χ2n) is 11.6. The molecular weight excluding hydrogens is 376 g/mol. The standard InChI is InChI=1S/C26H42O4/c1-5-17-21-14-16(27)10-12-26(21,4)20-11-13-25(3)18(15(2)6-9-22(28)29)7-8-19(25)23(20)24(17)30/h5,15-16,18-21,23-24,27,30H,6-14H2,1-4H3,(H,28,29)/b17-5-/t15-,16+,18?,19?,20?,21?,23?,24?,25?,26?/m1/s1. The quantitative estimate of drug-likeness (QED) is 0.559. The van der Waals surface area contributed by atoms with Crippen molar-refractivity contribution in [2.45, 2.75) is 97.7 Å². The van der Waals surface area contributed by atoms with E-state index >= 15 is 0 Å². The highest BCUT2D eigenvalue weighted by atomic mass is 16.4. The third-order valence-corrected chi connectivity index (χ3v) is 10.5. The van der Waals surface area contributed by atoms with Crippen molar-refractivity contribution in [1.29, 1.82) is 0 Å². The molecule has 30 heavy (non-hydrogen) atoms. The maximum absolute atomic E-state index is 11.6. The Kier molecular flexibility index (Phi) is 5.89. The Morgan fingerprint density at radius 3 is 2.43 bits per heavy atom. The zero-order chi connectivity index (χ0) is 21.8. The molecule has 4 heteroatoms. The van der Waals surface area contributed by atoms with Crippen LogP contribution in [0.15, 0.2) is 11.6 Å². The first-order valence-electron chi connectivity index (χ1n) is 12.4. The molecule has 0 amide bonds. The van der Waals surface area contributed by atoms with Gasteiger partial charge in [0.05, 0.1) is 12.2 Å². The van der Waals surface area contributed by atoms with Gasteiger partial charge in [0.15, 0.2) is 0 Å². The van der Waals surface area contributed by atoms with Crippen LogP contribution in [0.1, 0.15) is 85.5 Å². The summed E-state index contributed by atoms with van der Waals surface area (Å²) < 4.78 is 0. The van der Waals surface area contributed by atoms with Crippen LogP contribution in [0, 0.1) is 46.3 Å². The fourth-order valence-corrected chi connectivity index (χ4v) is 9.00. The Hall–Kier alpha value is -0.870. The summed E-state index contributed by atoms with van der Waals surface area (Å²) in [5.74, 6) is 1.94. The van der Waals surface area contributed by atoms with Crippen LogP contribution in [0.4, 0.5) is 0 Å². The Balaban J connectivity index is 1.63. The molecule has 0 aromatic heterocycles. The largest absolute Gasteiger partial charge is 0.481 e. The Morgan fingerprint density at radius 1 is 1.10 bits per heavy atom. The molecule has 4 aliphatic rings. The van der Waals surface area contributed by atoms with Gasteiger partial charge in [-0.15, -0.1) is 0 Å². The summed E-state index contributed by atoms with van der Waals surface area (Å²) in [6, 6.07) is 0. The number of carbonyl (C=O) groups is 1. The molecule has 0 saturated heterocycles. The summed E-state index contributed by atoms with van der Waals surface area (Å²) >= 11 is 0. The van der Waals surface area contributed by atoms with Crippen LogP contribution in [-0.2, 0) is 4.79 Å². The smallest absolute Gasteiger partial charge is 0.303 e. The van der Waals surface area contributed by atoms with E-state index < -0.39 is 5.97 Å². The second-order valence-corrected chi connectivity index (χ2v) is 11.6. The third-order valence-electron chi connectivity index (χ3n) is 10.5. The highest BCUT2D eigenvalue weighted by molar-refractivity contribution is 5.66. The molecule has 0 heterocycles. The minimum absolute atomic E-state index is 0.180. The van der Waals surface area contributed by atoms with Gasteiger partial charge >= 0.3 is 5.97 Å². The number of hydrogen-bond acceptors (Lipinski definition) is 3. The van der Waals surface area contributed by atoms with Gasteiger partial charge in [0.25, 0.3) is 0 Å². The predicted molar refractivity (Wildman–Crippen MR) is 118 cm³/mol. The van der Waals surface area contributed by atoms with Crippen LogP contribution in [0.3, 0.4) is 0 Å². The summed E-state index contributed by atoms with van der Waals surface area (Å²) in [4.78, 5) is 11.1. The van der Waals surface area contributed by atoms with Crippen LogP contribution in [0.5, 0.6) is 0 Å². The van der Waals surface area contributed by atoms with Crippen molar-refractivity contribution >= 4 is 5.97 Å². The molecule has 0 bridgehead atoms. The van der Waals surface area contributed by atoms with Gasteiger partial charge in [0.2, 0.25) is 0 Å². The van der Waals surface area contributed by atoms with Gasteiger partial charge in [0, 0.05) is 6.42 Å². The molecule has 0 aromatic rings. The van der Waals surface area contributed by atoms with Gasteiger partial charge in [-0.2, -0.15) is 0 Å². The molecule has 4 fully saturated rings. The van der Waals surface area contributed by atoms with E-state index in [4.69, 9.17) is 5.11 Å². The van der Waals surface area contributed by atoms with Crippen molar-refractivity contribution in [3.63, 3.8) is 0 Å². The number of aliphatic hydroxyl groups is 2. The number of allylic oxidation sites excluding steroid dienone is 1. The van der Waals surface area contributed by atoms with Crippen molar-refractivity contribution in [2.75, 3.05) is 0 Å². The molecule has 0 aliphatic heterocycles. The van der Waals surface area contributed by atoms with E-state index in [2.05, 4.69) is 33.8 Å². The molecule has 0 spiro atoms. The van der Waals surface area contributed by atoms with Gasteiger partial charge in [-0.05, 0) is 110 Å². The van der Waals surface area contributed by atoms with Crippen LogP contribution in [-0.4, -0.2) is 33.5 Å². The van der Waals surface area contributed by atoms with Crippen LogP contribution in [0.25, 0.3) is 0 Å². The highest BCUT2D eigenvalue weighted by Gasteiger charge is 2.63. The van der Waals surface area contributed by atoms with Crippen LogP contribution >= 0.6 is 0 Å². The lowest BCUT2D eigenvalue weighted by Gasteiger charge is -2.63. The number of rotatable bonds is 4. The topological polar surface area (TPSA) is 77.8 Å². The molecule has 4 aliphatic carbocycles. The SMILES string of the molecule is C/C=C1\C(O)C2C(CCC3(C)C2CCC3[C@H](C)CCC(=O)O)C2(C)CC[C@H](O)CC12. The first-order valence-corrected chi connectivity index (χ1v) is 12.4. The summed E-state index contributed by atoms with van der Waals surface area (Å²) in [6.45, 7) is 9.21. The monoisotopic (exact) mass is 418 g/mol. The van der Waals surface area contributed by atoms with Crippen LogP contribution in [0.2, 0.25) is 0 Å². The van der Waals surface area contributed by atoms with Gasteiger partial charge in [-0.25, -0.2) is 0 Å². The number of carboxylic acids is 1. The average Bonchev–Trinajstić information content (AvgIpc) is 3.05. The minimum atomic E-state index is -0.691. The lowest BCUT2D eigenvalue weighted by Crippen LogP contribution is -2.59. The van der Waals surface area contributed by atoms with E-state index in [1.54, 1.807) is 0 Å². The van der Waals surface area contributed by atoms with Gasteiger partial charge in [-0.1, -0.05) is 26.8 Å². The van der Waals surface area contributed by atoms with E-state index in [-0.39, 0.29) is 29.5 Å². The van der Waals surface area contributed by atoms with Gasteiger partial charge in [0.1, 0.15) is 0 Å². The summed E-state index contributed by atoms with van der Waals surface area (Å²) in [7, 11) is 0.